The summed E-state index contributed by atoms with van der Waals surface area (Å²) in [7, 11) is 0. The van der Waals surface area contributed by atoms with Gasteiger partial charge in [-0.15, -0.1) is 10.2 Å². The second-order valence-corrected chi connectivity index (χ2v) is 7.15. The fourth-order valence-corrected chi connectivity index (χ4v) is 3.51. The first-order valence-corrected chi connectivity index (χ1v) is 9.86. The summed E-state index contributed by atoms with van der Waals surface area (Å²) in [6.45, 7) is 2.09. The number of hydrogen-bond donors (Lipinski definition) is 2. The number of aromatic amines is 1. The molecule has 0 spiro atoms. The number of benzene rings is 1. The number of furan rings is 1. The highest BCUT2D eigenvalue weighted by Crippen LogP contribution is 2.23. The van der Waals surface area contributed by atoms with Crippen molar-refractivity contribution in [2.75, 3.05) is 23.3 Å². The van der Waals surface area contributed by atoms with Crippen LogP contribution in [0.15, 0.2) is 65.3 Å². The van der Waals surface area contributed by atoms with Crippen LogP contribution in [0.25, 0.3) is 22.7 Å². The quantitative estimate of drug-likeness (QED) is 0.526. The van der Waals surface area contributed by atoms with E-state index in [9.17, 15) is 4.79 Å². The zero-order chi connectivity index (χ0) is 20.3. The molecular formula is C22H20N6O2. The van der Waals surface area contributed by atoms with Crippen molar-refractivity contribution in [2.45, 2.75) is 12.8 Å². The van der Waals surface area contributed by atoms with Crippen LogP contribution >= 0.6 is 0 Å². The summed E-state index contributed by atoms with van der Waals surface area (Å²) in [6.07, 6.45) is 3.99. The third-order valence-corrected chi connectivity index (χ3v) is 5.12. The number of nitrogens with one attached hydrogen (secondary N) is 2. The first-order valence-electron chi connectivity index (χ1n) is 9.86. The third-order valence-electron chi connectivity index (χ3n) is 5.12. The standard InChI is InChI=1S/C22H20N6O2/c29-22(19-14-18(25-26-19)20-4-3-13-30-20)23-16-7-5-15(6-8-16)17-9-10-21(27-24-17)28-11-1-2-12-28/h3-10,13-14H,1-2,11-12H2,(H,23,29)(H,25,26). The van der Waals surface area contributed by atoms with Crippen LogP contribution in [0.3, 0.4) is 0 Å². The van der Waals surface area contributed by atoms with E-state index in [-0.39, 0.29) is 11.6 Å². The van der Waals surface area contributed by atoms with Crippen molar-refractivity contribution < 1.29 is 9.21 Å². The van der Waals surface area contributed by atoms with Gasteiger partial charge in [-0.05, 0) is 49.2 Å². The van der Waals surface area contributed by atoms with Crippen LogP contribution in [0.2, 0.25) is 0 Å². The molecule has 4 aromatic rings. The van der Waals surface area contributed by atoms with Crippen molar-refractivity contribution in [3.63, 3.8) is 0 Å². The largest absolute Gasteiger partial charge is 0.463 e. The second-order valence-electron chi connectivity index (χ2n) is 7.15. The number of H-pyrrole nitrogens is 1. The molecule has 1 fully saturated rings. The Kier molecular flexibility index (Phi) is 4.72. The molecule has 0 saturated carbocycles. The van der Waals surface area contributed by atoms with Crippen molar-refractivity contribution in [3.8, 4) is 22.7 Å². The Balaban J connectivity index is 1.25. The van der Waals surface area contributed by atoms with E-state index in [1.54, 1.807) is 24.5 Å². The second kappa shape index (κ2) is 7.82. The van der Waals surface area contributed by atoms with Crippen molar-refractivity contribution in [1.82, 2.24) is 20.4 Å². The van der Waals surface area contributed by atoms with Gasteiger partial charge in [0.1, 0.15) is 5.69 Å². The zero-order valence-electron chi connectivity index (χ0n) is 16.2. The van der Waals surface area contributed by atoms with Crippen LogP contribution in [0.1, 0.15) is 23.3 Å². The van der Waals surface area contributed by atoms with Gasteiger partial charge in [0.15, 0.2) is 17.3 Å². The molecule has 0 unspecified atom stereocenters. The van der Waals surface area contributed by atoms with Crippen molar-refractivity contribution in [2.24, 2.45) is 0 Å². The number of nitrogens with zero attached hydrogens (tertiary/aromatic N) is 4. The number of hydrogen-bond acceptors (Lipinski definition) is 6. The van der Waals surface area contributed by atoms with Gasteiger partial charge in [0.25, 0.3) is 5.91 Å². The van der Waals surface area contributed by atoms with Gasteiger partial charge in [-0.1, -0.05) is 12.1 Å². The Morgan fingerprint density at radius 2 is 1.87 bits per heavy atom. The molecule has 150 valence electrons. The van der Waals surface area contributed by atoms with Gasteiger partial charge in [0.2, 0.25) is 0 Å². The molecule has 0 bridgehead atoms. The number of anilines is 2. The third kappa shape index (κ3) is 3.67. The molecule has 0 radical (unpaired) electrons. The van der Waals surface area contributed by atoms with E-state index in [4.69, 9.17) is 4.42 Å². The lowest BCUT2D eigenvalue weighted by molar-refractivity contribution is 0.102. The lowest BCUT2D eigenvalue weighted by Crippen LogP contribution is -2.19. The fraction of sp³-hybridized carbons (Fsp3) is 0.182. The molecular weight excluding hydrogens is 380 g/mol. The van der Waals surface area contributed by atoms with Crippen LogP contribution in [-0.2, 0) is 0 Å². The van der Waals surface area contributed by atoms with Gasteiger partial charge in [-0.2, -0.15) is 5.10 Å². The minimum Gasteiger partial charge on any atom is -0.463 e. The van der Waals surface area contributed by atoms with Gasteiger partial charge in [-0.25, -0.2) is 0 Å². The van der Waals surface area contributed by atoms with E-state index in [2.05, 4.69) is 30.6 Å². The Labute approximate surface area is 172 Å². The molecule has 1 aliphatic heterocycles. The average Bonchev–Trinajstić information content (AvgIpc) is 3.57. The van der Waals surface area contributed by atoms with E-state index in [0.717, 1.165) is 30.2 Å². The highest BCUT2D eigenvalue weighted by Gasteiger charge is 2.15. The average molecular weight is 400 g/mol. The first-order chi connectivity index (χ1) is 14.8. The van der Waals surface area contributed by atoms with Crippen LogP contribution in [0, 0.1) is 0 Å². The normalized spacial score (nSPS) is 13.5. The van der Waals surface area contributed by atoms with Gasteiger partial charge < -0.3 is 14.6 Å². The van der Waals surface area contributed by atoms with Crippen LogP contribution in [0.4, 0.5) is 11.5 Å². The monoisotopic (exact) mass is 400 g/mol. The summed E-state index contributed by atoms with van der Waals surface area (Å²) in [6, 6.07) is 16.7. The summed E-state index contributed by atoms with van der Waals surface area (Å²) in [5.74, 6) is 1.25. The molecule has 0 aliphatic carbocycles. The summed E-state index contributed by atoms with van der Waals surface area (Å²) in [4.78, 5) is 14.7. The van der Waals surface area contributed by atoms with E-state index in [0.29, 0.717) is 17.1 Å². The molecule has 4 heterocycles. The molecule has 8 nitrogen and oxygen atoms in total. The first kappa shape index (κ1) is 18.1. The number of carbonyl (C=O) groups excluding carboxylic acids is 1. The van der Waals surface area contributed by atoms with Crippen molar-refractivity contribution in [3.05, 3.63) is 66.6 Å². The molecule has 2 N–H and O–H groups in total. The van der Waals surface area contributed by atoms with Gasteiger partial charge in [0.05, 0.1) is 12.0 Å². The highest BCUT2D eigenvalue weighted by atomic mass is 16.3. The molecule has 1 aliphatic rings. The Hall–Kier alpha value is -3.94. The van der Waals surface area contributed by atoms with Crippen molar-refractivity contribution in [1.29, 1.82) is 0 Å². The molecule has 5 rings (SSSR count). The minimum atomic E-state index is -0.299. The van der Waals surface area contributed by atoms with Crippen molar-refractivity contribution >= 4 is 17.4 Å². The molecule has 8 heteroatoms. The van der Waals surface area contributed by atoms with Crippen LogP contribution < -0.4 is 10.2 Å². The smallest absolute Gasteiger partial charge is 0.276 e. The lowest BCUT2D eigenvalue weighted by atomic mass is 10.1. The molecule has 3 aromatic heterocycles. The SMILES string of the molecule is O=C(Nc1ccc(-c2ccc(N3CCCC3)nn2)cc1)c1cc(-c2ccco2)[nH]n1. The van der Waals surface area contributed by atoms with Gasteiger partial charge in [0, 0.05) is 30.4 Å². The highest BCUT2D eigenvalue weighted by molar-refractivity contribution is 6.03. The number of carbonyl (C=O) groups is 1. The maximum absolute atomic E-state index is 12.5. The topological polar surface area (TPSA) is 99.9 Å². The molecule has 1 amide bonds. The summed E-state index contributed by atoms with van der Waals surface area (Å²) < 4.78 is 5.31. The van der Waals surface area contributed by atoms with Gasteiger partial charge in [-0.3, -0.25) is 9.89 Å². The molecule has 1 saturated heterocycles. The van der Waals surface area contributed by atoms with Gasteiger partial charge >= 0.3 is 0 Å². The maximum Gasteiger partial charge on any atom is 0.276 e. The predicted molar refractivity (Wildman–Crippen MR) is 113 cm³/mol. The zero-order valence-corrected chi connectivity index (χ0v) is 16.2. The molecule has 30 heavy (non-hydrogen) atoms. The maximum atomic E-state index is 12.5. The van der Waals surface area contributed by atoms with E-state index in [1.165, 1.54) is 12.8 Å². The van der Waals surface area contributed by atoms with E-state index in [1.807, 2.05) is 36.4 Å². The number of amides is 1. The Morgan fingerprint density at radius 1 is 1.03 bits per heavy atom. The van der Waals surface area contributed by atoms with E-state index < -0.39 is 0 Å². The summed E-state index contributed by atoms with van der Waals surface area (Å²) in [5, 5.41) is 18.4. The number of aromatic nitrogens is 4. The lowest BCUT2D eigenvalue weighted by Gasteiger charge is -2.15. The summed E-state index contributed by atoms with van der Waals surface area (Å²) in [5.41, 5.74) is 3.35. The number of rotatable bonds is 5. The van der Waals surface area contributed by atoms with Crippen LogP contribution in [-0.4, -0.2) is 39.4 Å². The minimum absolute atomic E-state index is 0.286. The molecule has 1 aromatic carbocycles. The fourth-order valence-electron chi connectivity index (χ4n) is 3.51. The Bertz CT molecular complexity index is 1130. The predicted octanol–water partition coefficient (Wildman–Crippen LogP) is 3.98. The summed E-state index contributed by atoms with van der Waals surface area (Å²) >= 11 is 0. The molecule has 0 atom stereocenters. The van der Waals surface area contributed by atoms with E-state index >= 15 is 0 Å². The Morgan fingerprint density at radius 3 is 2.57 bits per heavy atom. The van der Waals surface area contributed by atoms with Crippen LogP contribution in [0.5, 0.6) is 0 Å².